The fraction of sp³-hybridized carbons (Fsp3) is 0.381. The molecule has 144 valence electrons. The lowest BCUT2D eigenvalue weighted by molar-refractivity contribution is -0.118. The molecule has 2 aromatic carbocycles. The Kier molecular flexibility index (Phi) is 7.29. The van der Waals surface area contributed by atoms with Gasteiger partial charge in [-0.2, -0.15) is 0 Å². The number of carbonyl (C=O) groups excluding carboxylic acids is 1. The molecular formula is C21H24INO3S. The predicted octanol–water partition coefficient (Wildman–Crippen LogP) is 5.49. The van der Waals surface area contributed by atoms with Gasteiger partial charge in [-0.05, 0) is 54.0 Å². The zero-order valence-electron chi connectivity index (χ0n) is 15.6. The van der Waals surface area contributed by atoms with Crippen molar-refractivity contribution in [2.75, 3.05) is 30.1 Å². The molecule has 3 rings (SSSR count). The zero-order valence-corrected chi connectivity index (χ0v) is 18.6. The largest absolute Gasteiger partial charge is 0.497 e. The van der Waals surface area contributed by atoms with E-state index in [4.69, 9.17) is 9.47 Å². The van der Waals surface area contributed by atoms with Crippen molar-refractivity contribution in [2.24, 2.45) is 0 Å². The fourth-order valence-electron chi connectivity index (χ4n) is 3.05. The van der Waals surface area contributed by atoms with Gasteiger partial charge >= 0.3 is 0 Å². The standard InChI is InChI=1S/C21H24INO3S/c1-23-17-8-4-5-9-19(17)27-20(21(23)24)16-14-15(25-2)10-11-18(16)26-13-7-3-6-12-22/h4-5,8-11,14,20H,3,6-7,12-13H2,1-2H3/t20-/m0/s1. The van der Waals surface area contributed by atoms with E-state index in [1.807, 2.05) is 43.4 Å². The van der Waals surface area contributed by atoms with Gasteiger partial charge in [0.15, 0.2) is 0 Å². The van der Waals surface area contributed by atoms with Crippen LogP contribution in [0.3, 0.4) is 0 Å². The van der Waals surface area contributed by atoms with Crippen LogP contribution in [-0.2, 0) is 4.79 Å². The number of nitrogens with zero attached hydrogens (tertiary/aromatic N) is 1. The highest BCUT2D eigenvalue weighted by molar-refractivity contribution is 14.1. The first-order valence-electron chi connectivity index (χ1n) is 9.05. The summed E-state index contributed by atoms with van der Waals surface area (Å²) in [6.45, 7) is 0.661. The minimum absolute atomic E-state index is 0.0571. The number of rotatable bonds is 8. The molecule has 1 amide bonds. The Hall–Kier alpha value is -1.41. The second-order valence-corrected chi connectivity index (χ2v) is 8.59. The van der Waals surface area contributed by atoms with Crippen LogP contribution >= 0.6 is 34.4 Å². The molecular weight excluding hydrogens is 473 g/mol. The van der Waals surface area contributed by atoms with Crippen LogP contribution in [0.1, 0.15) is 30.1 Å². The lowest BCUT2D eigenvalue weighted by Crippen LogP contribution is -2.33. The smallest absolute Gasteiger partial charge is 0.244 e. The number of likely N-dealkylation sites (N-methyl/N-ethyl adjacent to an activating group) is 1. The Morgan fingerprint density at radius 3 is 2.74 bits per heavy atom. The maximum absolute atomic E-state index is 13.1. The minimum atomic E-state index is -0.343. The van der Waals surface area contributed by atoms with Crippen molar-refractivity contribution in [1.82, 2.24) is 0 Å². The number of methoxy groups -OCH3 is 1. The number of alkyl halides is 1. The Morgan fingerprint density at radius 2 is 1.96 bits per heavy atom. The van der Waals surface area contributed by atoms with Crippen LogP contribution in [0.25, 0.3) is 0 Å². The van der Waals surface area contributed by atoms with Crippen LogP contribution in [-0.4, -0.2) is 31.1 Å². The van der Waals surface area contributed by atoms with Gasteiger partial charge in [-0.25, -0.2) is 0 Å². The Balaban J connectivity index is 1.86. The molecule has 0 aromatic heterocycles. The van der Waals surface area contributed by atoms with Crippen molar-refractivity contribution >= 4 is 45.9 Å². The Labute approximate surface area is 178 Å². The molecule has 0 fully saturated rings. The van der Waals surface area contributed by atoms with E-state index >= 15 is 0 Å². The van der Waals surface area contributed by atoms with E-state index in [0.717, 1.165) is 40.5 Å². The molecule has 1 aliphatic rings. The van der Waals surface area contributed by atoms with Crippen molar-refractivity contribution in [3.8, 4) is 11.5 Å². The minimum Gasteiger partial charge on any atom is -0.497 e. The van der Waals surface area contributed by atoms with Crippen molar-refractivity contribution in [1.29, 1.82) is 0 Å². The first-order chi connectivity index (χ1) is 13.2. The molecule has 0 radical (unpaired) electrons. The van der Waals surface area contributed by atoms with Crippen LogP contribution < -0.4 is 14.4 Å². The molecule has 4 nitrogen and oxygen atoms in total. The quantitative estimate of drug-likeness (QED) is 0.275. The number of benzene rings is 2. The Morgan fingerprint density at radius 1 is 1.15 bits per heavy atom. The lowest BCUT2D eigenvalue weighted by Gasteiger charge is -2.32. The van der Waals surface area contributed by atoms with Crippen LogP contribution in [0.5, 0.6) is 11.5 Å². The number of unbranched alkanes of at least 4 members (excludes halogenated alkanes) is 2. The van der Waals surface area contributed by atoms with E-state index in [9.17, 15) is 4.79 Å². The van der Waals surface area contributed by atoms with Gasteiger partial charge in [-0.3, -0.25) is 4.79 Å². The van der Waals surface area contributed by atoms with Gasteiger partial charge in [-0.15, -0.1) is 11.8 Å². The molecule has 0 spiro atoms. The highest BCUT2D eigenvalue weighted by atomic mass is 127. The molecule has 1 atom stereocenters. The predicted molar refractivity (Wildman–Crippen MR) is 120 cm³/mol. The maximum Gasteiger partial charge on any atom is 0.244 e. The van der Waals surface area contributed by atoms with Gasteiger partial charge in [0.2, 0.25) is 5.91 Å². The van der Waals surface area contributed by atoms with E-state index in [2.05, 4.69) is 28.7 Å². The van der Waals surface area contributed by atoms with E-state index in [-0.39, 0.29) is 11.2 Å². The van der Waals surface area contributed by atoms with E-state index in [1.54, 1.807) is 23.8 Å². The molecule has 0 saturated carbocycles. The number of hydrogen-bond acceptors (Lipinski definition) is 4. The summed E-state index contributed by atoms with van der Waals surface area (Å²) in [6.07, 6.45) is 3.38. The highest BCUT2D eigenvalue weighted by Crippen LogP contribution is 2.48. The number of carbonyl (C=O) groups is 1. The van der Waals surface area contributed by atoms with Crippen LogP contribution in [0.15, 0.2) is 47.4 Å². The van der Waals surface area contributed by atoms with Crippen molar-refractivity contribution in [3.05, 3.63) is 48.0 Å². The maximum atomic E-state index is 13.1. The summed E-state index contributed by atoms with van der Waals surface area (Å²) < 4.78 is 12.6. The SMILES string of the molecule is COc1ccc(OCCCCCI)c([C@@H]2Sc3ccccc3N(C)C2=O)c1. The molecule has 0 unspecified atom stereocenters. The molecule has 6 heteroatoms. The van der Waals surface area contributed by atoms with Gasteiger partial charge in [0.1, 0.15) is 16.7 Å². The zero-order chi connectivity index (χ0) is 19.2. The molecule has 0 bridgehead atoms. The average Bonchev–Trinajstić information content (AvgIpc) is 2.70. The number of anilines is 1. The summed E-state index contributed by atoms with van der Waals surface area (Å²) in [4.78, 5) is 15.9. The second kappa shape index (κ2) is 9.68. The summed E-state index contributed by atoms with van der Waals surface area (Å²) >= 11 is 3.97. The number of para-hydroxylation sites is 1. The third kappa shape index (κ3) is 4.71. The van der Waals surface area contributed by atoms with Crippen molar-refractivity contribution in [3.63, 3.8) is 0 Å². The van der Waals surface area contributed by atoms with E-state index in [0.29, 0.717) is 6.61 Å². The summed E-state index contributed by atoms with van der Waals surface area (Å²) in [6, 6.07) is 13.7. The molecule has 2 aromatic rings. The van der Waals surface area contributed by atoms with Crippen LogP contribution in [0, 0.1) is 0 Å². The molecule has 0 aliphatic carbocycles. The first-order valence-corrected chi connectivity index (χ1v) is 11.5. The van der Waals surface area contributed by atoms with Gasteiger partial charge in [-0.1, -0.05) is 34.7 Å². The summed E-state index contributed by atoms with van der Waals surface area (Å²) in [5, 5.41) is -0.343. The molecule has 27 heavy (non-hydrogen) atoms. The molecule has 1 heterocycles. The third-order valence-corrected chi connectivity index (χ3v) is 6.61. The van der Waals surface area contributed by atoms with Gasteiger partial charge in [0, 0.05) is 17.5 Å². The topological polar surface area (TPSA) is 38.8 Å². The number of ether oxygens (including phenoxy) is 2. The number of hydrogen-bond donors (Lipinski definition) is 0. The van der Waals surface area contributed by atoms with E-state index < -0.39 is 0 Å². The van der Waals surface area contributed by atoms with Gasteiger partial charge in [0.05, 0.1) is 19.4 Å². The normalized spacial score (nSPS) is 16.2. The van der Waals surface area contributed by atoms with Gasteiger partial charge in [0.25, 0.3) is 0 Å². The van der Waals surface area contributed by atoms with Crippen LogP contribution in [0.2, 0.25) is 0 Å². The number of amides is 1. The summed E-state index contributed by atoms with van der Waals surface area (Å²) in [7, 11) is 3.47. The first kappa shape index (κ1) is 20.3. The number of halogens is 1. The average molecular weight is 497 g/mol. The monoisotopic (exact) mass is 497 g/mol. The lowest BCUT2D eigenvalue weighted by atomic mass is 10.1. The van der Waals surface area contributed by atoms with Crippen molar-refractivity contribution in [2.45, 2.75) is 29.4 Å². The molecule has 0 saturated heterocycles. The van der Waals surface area contributed by atoms with Gasteiger partial charge < -0.3 is 14.4 Å². The molecule has 0 N–H and O–H groups in total. The van der Waals surface area contributed by atoms with Crippen LogP contribution in [0.4, 0.5) is 5.69 Å². The number of fused-ring (bicyclic) bond motifs is 1. The van der Waals surface area contributed by atoms with E-state index in [1.165, 1.54) is 10.8 Å². The fourth-order valence-corrected chi connectivity index (χ4v) is 4.89. The second-order valence-electron chi connectivity index (χ2n) is 6.36. The third-order valence-electron chi connectivity index (χ3n) is 4.56. The number of thioether (sulfide) groups is 1. The van der Waals surface area contributed by atoms with Crippen molar-refractivity contribution < 1.29 is 14.3 Å². The highest BCUT2D eigenvalue weighted by Gasteiger charge is 2.34. The summed E-state index contributed by atoms with van der Waals surface area (Å²) in [5.74, 6) is 1.56. The summed E-state index contributed by atoms with van der Waals surface area (Å²) in [5.41, 5.74) is 1.83. The Bertz CT molecular complexity index is 799. The molecule has 1 aliphatic heterocycles.